The minimum absolute atomic E-state index is 0.138. The van der Waals surface area contributed by atoms with Gasteiger partial charge in [0.2, 0.25) is 5.91 Å². The fraction of sp³-hybridized carbons (Fsp3) is 0.846. The Morgan fingerprint density at radius 3 is 2.89 bits per heavy atom. The summed E-state index contributed by atoms with van der Waals surface area (Å²) in [6.07, 6.45) is 7.92. The largest absolute Gasteiger partial charge is 0.381 e. The third-order valence-electron chi connectivity index (χ3n) is 9.54. The van der Waals surface area contributed by atoms with Crippen molar-refractivity contribution >= 4 is 23.3 Å². The van der Waals surface area contributed by atoms with Crippen molar-refractivity contribution in [2.24, 2.45) is 17.3 Å². The van der Waals surface area contributed by atoms with Crippen LogP contribution in [0.25, 0.3) is 0 Å². The Bertz CT molecular complexity index is 918. The van der Waals surface area contributed by atoms with Gasteiger partial charge in [-0.3, -0.25) is 9.48 Å². The Balaban J connectivity index is 1.14. The molecule has 1 aromatic rings. The Hall–Kier alpha value is -1.38. The summed E-state index contributed by atoms with van der Waals surface area (Å²) in [7, 11) is 0. The van der Waals surface area contributed by atoms with Gasteiger partial charge in [0.25, 0.3) is 0 Å². The fourth-order valence-corrected chi connectivity index (χ4v) is 8.19. The molecule has 6 atom stereocenters. The van der Waals surface area contributed by atoms with Crippen molar-refractivity contribution in [2.45, 2.75) is 94.5 Å². The number of nitrogens with zero attached hydrogens (tertiary/aromatic N) is 3. The average Bonchev–Trinajstić information content (AvgIpc) is 3.63. The lowest BCUT2D eigenvalue weighted by molar-refractivity contribution is -0.134. The van der Waals surface area contributed by atoms with Crippen molar-refractivity contribution in [1.82, 2.24) is 20.0 Å². The van der Waals surface area contributed by atoms with Gasteiger partial charge in [-0.15, -0.1) is 11.6 Å². The van der Waals surface area contributed by atoms with Gasteiger partial charge in [-0.05, 0) is 44.4 Å². The molecular weight excluding hydrogens is 469 g/mol. The Morgan fingerprint density at radius 2 is 2.09 bits per heavy atom. The highest BCUT2D eigenvalue weighted by atomic mass is 35.5. The lowest BCUT2D eigenvalue weighted by atomic mass is 9.58. The molecule has 5 aliphatic rings. The monoisotopic (exact) mass is 507 g/mol. The van der Waals surface area contributed by atoms with Gasteiger partial charge in [0, 0.05) is 43.1 Å². The first kappa shape index (κ1) is 24.0. The van der Waals surface area contributed by atoms with Crippen molar-refractivity contribution in [3.8, 4) is 0 Å². The van der Waals surface area contributed by atoms with E-state index in [9.17, 15) is 9.18 Å². The van der Waals surface area contributed by atoms with Gasteiger partial charge in [0.15, 0.2) is 0 Å². The fourth-order valence-electron chi connectivity index (χ4n) is 7.65. The van der Waals surface area contributed by atoms with Crippen LogP contribution in [0, 0.1) is 17.3 Å². The van der Waals surface area contributed by atoms with Crippen molar-refractivity contribution in [2.75, 3.05) is 31.6 Å². The Labute approximate surface area is 212 Å². The zero-order valence-electron chi connectivity index (χ0n) is 20.6. The van der Waals surface area contributed by atoms with E-state index in [1.165, 1.54) is 19.3 Å². The Morgan fingerprint density at radius 1 is 1.23 bits per heavy atom. The zero-order chi connectivity index (χ0) is 24.0. The van der Waals surface area contributed by atoms with Crippen LogP contribution in [0.1, 0.15) is 63.5 Å². The van der Waals surface area contributed by atoms with Gasteiger partial charge < -0.3 is 20.3 Å². The van der Waals surface area contributed by atoms with Crippen LogP contribution in [-0.2, 0) is 22.6 Å². The summed E-state index contributed by atoms with van der Waals surface area (Å²) in [6, 6.07) is 1.94. The predicted molar refractivity (Wildman–Crippen MR) is 133 cm³/mol. The average molecular weight is 508 g/mol. The van der Waals surface area contributed by atoms with Gasteiger partial charge in [-0.25, -0.2) is 4.39 Å². The summed E-state index contributed by atoms with van der Waals surface area (Å²) < 4.78 is 22.4. The number of alkyl halides is 2. The third-order valence-corrected chi connectivity index (χ3v) is 10.2. The van der Waals surface area contributed by atoms with E-state index >= 15 is 0 Å². The van der Waals surface area contributed by atoms with E-state index in [1.54, 1.807) is 0 Å². The molecule has 9 heteroatoms. The molecule has 7 nitrogen and oxygen atoms in total. The quantitative estimate of drug-likeness (QED) is 0.594. The number of amides is 1. The van der Waals surface area contributed by atoms with Gasteiger partial charge in [-0.1, -0.05) is 19.3 Å². The Kier molecular flexibility index (Phi) is 6.73. The number of ether oxygens (including phenoxy) is 1. The molecule has 2 aliphatic carbocycles. The van der Waals surface area contributed by atoms with Crippen molar-refractivity contribution in [3.63, 3.8) is 0 Å². The van der Waals surface area contributed by atoms with Crippen LogP contribution < -0.4 is 10.6 Å². The summed E-state index contributed by atoms with van der Waals surface area (Å²) in [5.41, 5.74) is 0.754. The maximum absolute atomic E-state index is 14.9. The van der Waals surface area contributed by atoms with E-state index in [0.29, 0.717) is 44.3 Å². The molecule has 2 saturated heterocycles. The van der Waals surface area contributed by atoms with E-state index in [0.717, 1.165) is 57.0 Å². The van der Waals surface area contributed by atoms with E-state index in [2.05, 4.69) is 16.7 Å². The smallest absolute Gasteiger partial charge is 0.240 e. The second-order valence-corrected chi connectivity index (χ2v) is 12.0. The lowest BCUT2D eigenvalue weighted by Gasteiger charge is -2.50. The third kappa shape index (κ3) is 4.37. The molecule has 1 amide bonds. The molecular formula is C26H39ClFN5O2. The minimum atomic E-state index is -0.975. The van der Waals surface area contributed by atoms with Crippen LogP contribution in [-0.4, -0.2) is 70.5 Å². The van der Waals surface area contributed by atoms with E-state index in [4.69, 9.17) is 21.4 Å². The highest BCUT2D eigenvalue weighted by Crippen LogP contribution is 2.56. The highest BCUT2D eigenvalue weighted by Gasteiger charge is 2.61. The van der Waals surface area contributed by atoms with Gasteiger partial charge in [0.05, 0.1) is 36.8 Å². The second-order valence-electron chi connectivity index (χ2n) is 11.5. The van der Waals surface area contributed by atoms with E-state index in [1.807, 2.05) is 9.58 Å². The molecule has 1 aromatic heterocycles. The van der Waals surface area contributed by atoms with Crippen LogP contribution in [0.5, 0.6) is 0 Å². The first-order chi connectivity index (χ1) is 17.0. The van der Waals surface area contributed by atoms with Gasteiger partial charge >= 0.3 is 0 Å². The molecule has 0 radical (unpaired) electrons. The molecule has 0 bridgehead atoms. The van der Waals surface area contributed by atoms with Gasteiger partial charge in [-0.2, -0.15) is 5.10 Å². The maximum Gasteiger partial charge on any atom is 0.240 e. The van der Waals surface area contributed by atoms with Gasteiger partial charge in [0.1, 0.15) is 12.0 Å². The predicted octanol–water partition coefficient (Wildman–Crippen LogP) is 3.71. The number of carbonyl (C=O) groups is 1. The summed E-state index contributed by atoms with van der Waals surface area (Å²) in [4.78, 5) is 15.7. The molecule has 194 valence electrons. The first-order valence-corrected chi connectivity index (χ1v) is 14.2. The number of anilines is 1. The van der Waals surface area contributed by atoms with Crippen LogP contribution in [0.3, 0.4) is 0 Å². The number of hydrogen-bond acceptors (Lipinski definition) is 5. The zero-order valence-corrected chi connectivity index (χ0v) is 21.3. The molecule has 4 heterocycles. The maximum atomic E-state index is 14.9. The molecule has 0 aromatic carbocycles. The number of nitrogens with one attached hydrogen (secondary N) is 2. The molecule has 0 spiro atoms. The molecule has 2 saturated carbocycles. The minimum Gasteiger partial charge on any atom is -0.381 e. The van der Waals surface area contributed by atoms with Crippen LogP contribution in [0.2, 0.25) is 0 Å². The molecule has 2 N–H and O–H groups in total. The molecule has 4 fully saturated rings. The number of halogens is 2. The number of carbonyl (C=O) groups excluding carboxylic acids is 1. The van der Waals surface area contributed by atoms with Crippen LogP contribution in [0.4, 0.5) is 10.2 Å². The molecule has 6 rings (SSSR count). The van der Waals surface area contributed by atoms with E-state index < -0.39 is 11.5 Å². The summed E-state index contributed by atoms with van der Waals surface area (Å²) >= 11 is 6.89. The lowest BCUT2D eigenvalue weighted by Crippen LogP contribution is -2.55. The standard InChI is InChI=1S/C26H39ClFN5O2/c27-24-20(28)6-7-22-26(24,18-4-2-1-3-5-18)13-21(30-22)25(34)32-9-10-33-19(15-32)12-23(31-33)29-14-17-8-11-35-16-17/h12,17-18,20-22,24,30H,1-11,13-16H2,(H,29,31). The van der Waals surface area contributed by atoms with E-state index in [-0.39, 0.29) is 23.4 Å². The van der Waals surface area contributed by atoms with Crippen molar-refractivity contribution in [1.29, 1.82) is 0 Å². The normalized spacial score (nSPS) is 37.8. The molecule has 6 unspecified atom stereocenters. The molecule has 35 heavy (non-hydrogen) atoms. The number of fused-ring (bicyclic) bond motifs is 2. The summed E-state index contributed by atoms with van der Waals surface area (Å²) in [5.74, 6) is 1.96. The second kappa shape index (κ2) is 9.82. The molecule has 3 aliphatic heterocycles. The number of rotatable bonds is 5. The van der Waals surface area contributed by atoms with Crippen molar-refractivity contribution in [3.05, 3.63) is 11.8 Å². The SMILES string of the molecule is O=C(C1CC2(C3CCCCC3)C(CCC(F)C2Cl)N1)N1CCn2nc(NCC3CCOC3)cc2C1. The van der Waals surface area contributed by atoms with Crippen molar-refractivity contribution < 1.29 is 13.9 Å². The first-order valence-electron chi connectivity index (χ1n) is 13.8. The van der Waals surface area contributed by atoms with Crippen LogP contribution >= 0.6 is 11.6 Å². The highest BCUT2D eigenvalue weighted by molar-refractivity contribution is 6.21. The summed E-state index contributed by atoms with van der Waals surface area (Å²) in [6.45, 7) is 4.44. The number of hydrogen-bond donors (Lipinski definition) is 2. The number of aromatic nitrogens is 2. The summed E-state index contributed by atoms with van der Waals surface area (Å²) in [5, 5.41) is 11.3. The van der Waals surface area contributed by atoms with Crippen LogP contribution in [0.15, 0.2) is 6.07 Å². The topological polar surface area (TPSA) is 71.4 Å².